The number of benzene rings is 1. The number of nitrogens with one attached hydrogen (secondary N) is 1. The van der Waals surface area contributed by atoms with Crippen LogP contribution in [0, 0.1) is 13.8 Å². The first-order chi connectivity index (χ1) is 13.9. The van der Waals surface area contributed by atoms with Crippen LogP contribution in [0.5, 0.6) is 0 Å². The van der Waals surface area contributed by atoms with Crippen LogP contribution in [-0.2, 0) is 20.9 Å². The van der Waals surface area contributed by atoms with E-state index in [1.807, 2.05) is 30.3 Å². The molecule has 0 spiro atoms. The lowest BCUT2D eigenvalue weighted by Crippen LogP contribution is -2.20. The molecule has 9 heteroatoms. The number of hydrogen-bond acceptors (Lipinski definition) is 6. The summed E-state index contributed by atoms with van der Waals surface area (Å²) in [7, 11) is 0. The lowest BCUT2D eigenvalue weighted by atomic mass is 10.2. The molecule has 0 radical (unpaired) electrons. The third-order valence-electron chi connectivity index (χ3n) is 3.91. The van der Waals surface area contributed by atoms with Gasteiger partial charge in [-0.3, -0.25) is 4.79 Å². The summed E-state index contributed by atoms with van der Waals surface area (Å²) in [6.45, 7) is 3.56. The van der Waals surface area contributed by atoms with E-state index < -0.39 is 18.5 Å². The minimum Gasteiger partial charge on any atom is -0.452 e. The minimum absolute atomic E-state index is 0.257. The van der Waals surface area contributed by atoms with E-state index in [2.05, 4.69) is 15.6 Å². The summed E-state index contributed by atoms with van der Waals surface area (Å²) in [5.74, 6) is -0.389. The number of esters is 1. The fourth-order valence-electron chi connectivity index (χ4n) is 2.56. The molecule has 0 aliphatic rings. The van der Waals surface area contributed by atoms with Crippen molar-refractivity contribution in [2.24, 2.45) is 0 Å². The van der Waals surface area contributed by atoms with Crippen LogP contribution in [0.2, 0.25) is 5.15 Å². The molecule has 1 aromatic carbocycles. The van der Waals surface area contributed by atoms with Crippen LogP contribution >= 0.6 is 11.6 Å². The number of aromatic nitrogens is 3. The zero-order valence-electron chi connectivity index (χ0n) is 15.9. The van der Waals surface area contributed by atoms with Gasteiger partial charge in [-0.25, -0.2) is 9.48 Å². The van der Waals surface area contributed by atoms with Crippen molar-refractivity contribution in [3.63, 3.8) is 0 Å². The maximum Gasteiger partial charge on any atom is 0.331 e. The second-order valence-corrected chi connectivity index (χ2v) is 6.60. The molecule has 8 nitrogen and oxygen atoms in total. The maximum absolute atomic E-state index is 11.9. The number of amides is 1. The van der Waals surface area contributed by atoms with Crippen LogP contribution < -0.4 is 5.32 Å². The molecule has 3 rings (SSSR count). The van der Waals surface area contributed by atoms with E-state index in [0.717, 1.165) is 5.56 Å². The van der Waals surface area contributed by atoms with Gasteiger partial charge in [0.15, 0.2) is 12.4 Å². The summed E-state index contributed by atoms with van der Waals surface area (Å²) in [5, 5.41) is 10.9. The topological polar surface area (TPSA) is 99.2 Å². The Morgan fingerprint density at radius 3 is 2.72 bits per heavy atom. The number of halogens is 1. The van der Waals surface area contributed by atoms with Gasteiger partial charge in [-0.15, -0.1) is 0 Å². The molecule has 0 saturated carbocycles. The molecule has 0 aliphatic heterocycles. The summed E-state index contributed by atoms with van der Waals surface area (Å²) in [6, 6.07) is 11.3. The van der Waals surface area contributed by atoms with Crippen LogP contribution in [0.1, 0.15) is 22.6 Å². The zero-order valence-corrected chi connectivity index (χ0v) is 16.6. The molecule has 0 unspecified atom stereocenters. The van der Waals surface area contributed by atoms with Crippen molar-refractivity contribution in [2.45, 2.75) is 20.4 Å². The summed E-state index contributed by atoms with van der Waals surface area (Å²) in [5.41, 5.74) is 2.34. The Morgan fingerprint density at radius 2 is 2.03 bits per heavy atom. The van der Waals surface area contributed by atoms with E-state index in [9.17, 15) is 9.59 Å². The van der Waals surface area contributed by atoms with E-state index in [4.69, 9.17) is 20.9 Å². The highest BCUT2D eigenvalue weighted by Crippen LogP contribution is 2.22. The van der Waals surface area contributed by atoms with Crippen molar-refractivity contribution in [1.29, 1.82) is 0 Å². The van der Waals surface area contributed by atoms with Gasteiger partial charge in [0.25, 0.3) is 5.91 Å². The lowest BCUT2D eigenvalue weighted by Gasteiger charge is -2.03. The first kappa shape index (κ1) is 20.3. The Morgan fingerprint density at radius 1 is 1.28 bits per heavy atom. The molecule has 3 aromatic rings. The number of anilines is 1. The van der Waals surface area contributed by atoms with E-state index >= 15 is 0 Å². The maximum atomic E-state index is 11.9. The zero-order chi connectivity index (χ0) is 20.8. The van der Waals surface area contributed by atoms with Crippen molar-refractivity contribution in [3.8, 4) is 0 Å². The average molecular weight is 415 g/mol. The average Bonchev–Trinajstić information content (AvgIpc) is 3.22. The van der Waals surface area contributed by atoms with Gasteiger partial charge in [-0.05, 0) is 25.5 Å². The highest BCUT2D eigenvalue weighted by Gasteiger charge is 2.13. The second kappa shape index (κ2) is 9.20. The standard InChI is InChI=1S/C20H19ClN4O4/c1-13-10-17(24-29-13)22-18(26)12-28-19(27)9-8-16-14(2)23-25(20(16)21)11-15-6-4-3-5-7-15/h3-10H,11-12H2,1-2H3,(H,22,24,26)/b9-8+. The molecule has 0 bridgehead atoms. The molecule has 0 saturated heterocycles. The van der Waals surface area contributed by atoms with E-state index in [1.54, 1.807) is 24.6 Å². The number of aryl methyl sites for hydroxylation is 2. The van der Waals surface area contributed by atoms with Crippen molar-refractivity contribution in [2.75, 3.05) is 11.9 Å². The van der Waals surface area contributed by atoms with Gasteiger partial charge in [0.2, 0.25) is 0 Å². The smallest absolute Gasteiger partial charge is 0.331 e. The van der Waals surface area contributed by atoms with E-state index in [1.165, 1.54) is 12.2 Å². The summed E-state index contributed by atoms with van der Waals surface area (Å²) < 4.78 is 11.4. The lowest BCUT2D eigenvalue weighted by molar-refractivity contribution is -0.142. The quantitative estimate of drug-likeness (QED) is 0.470. The van der Waals surface area contributed by atoms with Crippen molar-refractivity contribution < 1.29 is 18.8 Å². The predicted octanol–water partition coefficient (Wildman–Crippen LogP) is 3.38. The molecule has 0 fully saturated rings. The Balaban J connectivity index is 1.56. The van der Waals surface area contributed by atoms with Gasteiger partial charge in [0, 0.05) is 17.7 Å². The Hall–Kier alpha value is -3.39. The third kappa shape index (κ3) is 5.55. The second-order valence-electron chi connectivity index (χ2n) is 6.25. The minimum atomic E-state index is -0.678. The SMILES string of the molecule is Cc1cc(NC(=O)COC(=O)/C=C/c2c(C)nn(Cc3ccccc3)c2Cl)no1. The van der Waals surface area contributed by atoms with Gasteiger partial charge >= 0.3 is 5.97 Å². The molecule has 0 aliphatic carbocycles. The summed E-state index contributed by atoms with van der Waals surface area (Å²) in [4.78, 5) is 23.7. The number of ether oxygens (including phenoxy) is 1. The summed E-state index contributed by atoms with van der Waals surface area (Å²) in [6.07, 6.45) is 2.73. The van der Waals surface area contributed by atoms with Gasteiger partial charge in [-0.1, -0.05) is 47.1 Å². The fraction of sp³-hybridized carbons (Fsp3) is 0.200. The molecular formula is C20H19ClN4O4. The normalized spacial score (nSPS) is 11.0. The first-order valence-electron chi connectivity index (χ1n) is 8.77. The van der Waals surface area contributed by atoms with Crippen LogP contribution in [-0.4, -0.2) is 33.4 Å². The molecule has 1 amide bonds. The van der Waals surface area contributed by atoms with Gasteiger partial charge in [0.05, 0.1) is 12.2 Å². The van der Waals surface area contributed by atoms with Crippen molar-refractivity contribution in [3.05, 3.63) is 70.2 Å². The fourth-order valence-corrected chi connectivity index (χ4v) is 2.86. The van der Waals surface area contributed by atoms with Gasteiger partial charge < -0.3 is 14.6 Å². The Labute approximate surface area is 172 Å². The van der Waals surface area contributed by atoms with E-state index in [-0.39, 0.29) is 5.82 Å². The monoisotopic (exact) mass is 414 g/mol. The molecule has 29 heavy (non-hydrogen) atoms. The Kier molecular flexibility index (Phi) is 6.46. The molecule has 1 N–H and O–H groups in total. The van der Waals surface area contributed by atoms with Crippen LogP contribution in [0.15, 0.2) is 47.0 Å². The number of rotatable bonds is 7. The highest BCUT2D eigenvalue weighted by atomic mass is 35.5. The summed E-state index contributed by atoms with van der Waals surface area (Å²) >= 11 is 6.40. The van der Waals surface area contributed by atoms with Gasteiger partial charge in [0.1, 0.15) is 10.9 Å². The first-order valence-corrected chi connectivity index (χ1v) is 9.15. The number of hydrogen-bond donors (Lipinski definition) is 1. The molecule has 2 aromatic heterocycles. The number of nitrogens with zero attached hydrogens (tertiary/aromatic N) is 3. The van der Waals surface area contributed by atoms with Crippen LogP contribution in [0.3, 0.4) is 0 Å². The van der Waals surface area contributed by atoms with Crippen molar-refractivity contribution >= 4 is 35.4 Å². The number of carbonyl (C=O) groups excluding carboxylic acids is 2. The van der Waals surface area contributed by atoms with E-state index in [0.29, 0.717) is 28.7 Å². The molecule has 150 valence electrons. The number of carbonyl (C=O) groups is 2. The largest absolute Gasteiger partial charge is 0.452 e. The Bertz CT molecular complexity index is 1040. The third-order valence-corrected chi connectivity index (χ3v) is 4.31. The van der Waals surface area contributed by atoms with Crippen molar-refractivity contribution in [1.82, 2.24) is 14.9 Å². The van der Waals surface area contributed by atoms with Crippen LogP contribution in [0.25, 0.3) is 6.08 Å². The van der Waals surface area contributed by atoms with Crippen LogP contribution in [0.4, 0.5) is 5.82 Å². The highest BCUT2D eigenvalue weighted by molar-refractivity contribution is 6.31. The molecule has 2 heterocycles. The van der Waals surface area contributed by atoms with Gasteiger partial charge in [-0.2, -0.15) is 5.10 Å². The molecule has 0 atom stereocenters. The predicted molar refractivity (Wildman–Crippen MR) is 107 cm³/mol. The molecular weight excluding hydrogens is 396 g/mol.